The minimum absolute atomic E-state index is 0.0570. The first-order valence-corrected chi connectivity index (χ1v) is 10.7. The first kappa shape index (κ1) is 17.2. The van der Waals surface area contributed by atoms with Gasteiger partial charge in [0.05, 0.1) is 0 Å². The number of hydrogen-bond acceptors (Lipinski definition) is 3. The van der Waals surface area contributed by atoms with Gasteiger partial charge in [-0.3, -0.25) is 14.6 Å². The molecule has 3 aliphatic heterocycles. The molecule has 1 aromatic heterocycles. The lowest BCUT2D eigenvalue weighted by Gasteiger charge is -2.35. The van der Waals surface area contributed by atoms with E-state index in [2.05, 4.69) is 16.0 Å². The molecule has 3 atom stereocenters. The van der Waals surface area contributed by atoms with E-state index in [4.69, 9.17) is 0 Å². The predicted octanol–water partition coefficient (Wildman–Crippen LogP) is 3.25. The highest BCUT2D eigenvalue weighted by atomic mass is 16.2. The van der Waals surface area contributed by atoms with Crippen molar-refractivity contribution in [3.63, 3.8) is 0 Å². The van der Waals surface area contributed by atoms with E-state index < -0.39 is 0 Å². The third kappa shape index (κ3) is 2.95. The van der Waals surface area contributed by atoms with Gasteiger partial charge in [0.1, 0.15) is 6.04 Å². The largest absolute Gasteiger partial charge is 0.335 e. The monoisotopic (exact) mass is 367 g/mol. The summed E-state index contributed by atoms with van der Waals surface area (Å²) in [5, 5.41) is 0. The number of fused-ring (bicyclic) bond motifs is 1. The van der Waals surface area contributed by atoms with Crippen LogP contribution in [0.4, 0.5) is 0 Å². The Morgan fingerprint density at radius 2 is 2.04 bits per heavy atom. The Bertz CT molecular complexity index is 730. The summed E-state index contributed by atoms with van der Waals surface area (Å²) in [5.74, 6) is 0.809. The van der Waals surface area contributed by atoms with Crippen LogP contribution in [0, 0.1) is 0 Å². The van der Waals surface area contributed by atoms with E-state index in [1.807, 2.05) is 17.2 Å². The van der Waals surface area contributed by atoms with Gasteiger partial charge in [0, 0.05) is 42.9 Å². The SMILES string of the molecule is O=C1CCCCC[C@H]2CC[C@@H](C(=O)N3CC(c4cccnc4)CC34CC4)N12. The zero-order valence-electron chi connectivity index (χ0n) is 16.0. The van der Waals surface area contributed by atoms with Crippen LogP contribution < -0.4 is 0 Å². The third-order valence-corrected chi connectivity index (χ3v) is 7.35. The molecule has 5 heteroatoms. The van der Waals surface area contributed by atoms with E-state index in [1.165, 1.54) is 12.0 Å². The number of hydrogen-bond donors (Lipinski definition) is 0. The fourth-order valence-corrected chi connectivity index (χ4v) is 5.76. The van der Waals surface area contributed by atoms with Crippen molar-refractivity contribution in [3.05, 3.63) is 30.1 Å². The van der Waals surface area contributed by atoms with Crippen molar-refractivity contribution < 1.29 is 9.59 Å². The highest BCUT2D eigenvalue weighted by molar-refractivity contribution is 5.89. The lowest BCUT2D eigenvalue weighted by atomic mass is 9.97. The van der Waals surface area contributed by atoms with Gasteiger partial charge < -0.3 is 9.80 Å². The molecule has 144 valence electrons. The van der Waals surface area contributed by atoms with Crippen LogP contribution in [-0.4, -0.2) is 50.8 Å². The Hall–Kier alpha value is -1.91. The van der Waals surface area contributed by atoms with Gasteiger partial charge in [-0.1, -0.05) is 18.9 Å². The molecule has 0 radical (unpaired) electrons. The van der Waals surface area contributed by atoms with Gasteiger partial charge in [-0.2, -0.15) is 0 Å². The number of carbonyl (C=O) groups excluding carboxylic acids is 2. The van der Waals surface area contributed by atoms with Gasteiger partial charge in [0.25, 0.3) is 0 Å². The molecule has 1 spiro atoms. The normalized spacial score (nSPS) is 32.3. The molecule has 4 aliphatic rings. The topological polar surface area (TPSA) is 53.5 Å². The molecule has 4 heterocycles. The number of amides is 2. The average Bonchev–Trinajstić information content (AvgIpc) is 3.16. The van der Waals surface area contributed by atoms with E-state index in [0.717, 1.165) is 57.9 Å². The highest BCUT2D eigenvalue weighted by Crippen LogP contribution is 2.54. The summed E-state index contributed by atoms with van der Waals surface area (Å²) < 4.78 is 0. The van der Waals surface area contributed by atoms with Crippen LogP contribution in [0.2, 0.25) is 0 Å². The molecule has 0 aromatic carbocycles. The second kappa shape index (κ2) is 6.61. The van der Waals surface area contributed by atoms with Gasteiger partial charge >= 0.3 is 0 Å². The van der Waals surface area contributed by atoms with Crippen LogP contribution in [0.5, 0.6) is 0 Å². The quantitative estimate of drug-likeness (QED) is 0.806. The van der Waals surface area contributed by atoms with Crippen LogP contribution in [0.3, 0.4) is 0 Å². The second-order valence-electron chi connectivity index (χ2n) is 9.01. The molecule has 27 heavy (non-hydrogen) atoms. The van der Waals surface area contributed by atoms with E-state index in [0.29, 0.717) is 18.4 Å². The third-order valence-electron chi connectivity index (χ3n) is 7.35. The molecule has 1 aliphatic carbocycles. The van der Waals surface area contributed by atoms with Gasteiger partial charge in [-0.25, -0.2) is 0 Å². The zero-order chi connectivity index (χ0) is 18.4. The number of pyridine rings is 1. The van der Waals surface area contributed by atoms with Crippen molar-refractivity contribution in [2.24, 2.45) is 0 Å². The average molecular weight is 367 g/mol. The van der Waals surface area contributed by atoms with Gasteiger partial charge in [0.15, 0.2) is 0 Å². The Balaban J connectivity index is 1.36. The second-order valence-corrected chi connectivity index (χ2v) is 9.01. The summed E-state index contributed by atoms with van der Waals surface area (Å²) in [6.07, 6.45) is 13.9. The van der Waals surface area contributed by atoms with Crippen LogP contribution >= 0.6 is 0 Å². The van der Waals surface area contributed by atoms with E-state index in [-0.39, 0.29) is 23.4 Å². The molecule has 1 saturated carbocycles. The molecule has 3 saturated heterocycles. The fraction of sp³-hybridized carbons (Fsp3) is 0.682. The first-order chi connectivity index (χ1) is 13.2. The van der Waals surface area contributed by atoms with E-state index in [1.54, 1.807) is 6.20 Å². The molecule has 0 N–H and O–H groups in total. The Morgan fingerprint density at radius 3 is 2.81 bits per heavy atom. The minimum Gasteiger partial charge on any atom is -0.335 e. The van der Waals surface area contributed by atoms with Gasteiger partial charge in [-0.05, 0) is 56.6 Å². The van der Waals surface area contributed by atoms with E-state index >= 15 is 0 Å². The van der Waals surface area contributed by atoms with Crippen molar-refractivity contribution in [1.29, 1.82) is 0 Å². The zero-order valence-corrected chi connectivity index (χ0v) is 16.0. The molecule has 1 aromatic rings. The molecule has 4 fully saturated rings. The van der Waals surface area contributed by atoms with Crippen LogP contribution in [0.1, 0.15) is 75.7 Å². The Kier molecular flexibility index (Phi) is 4.21. The predicted molar refractivity (Wildman–Crippen MR) is 102 cm³/mol. The summed E-state index contributed by atoms with van der Waals surface area (Å²) in [7, 11) is 0. The molecule has 0 bridgehead atoms. The smallest absolute Gasteiger partial charge is 0.245 e. The number of likely N-dealkylation sites (tertiary alicyclic amines) is 1. The van der Waals surface area contributed by atoms with Crippen molar-refractivity contribution in [2.45, 2.75) is 87.7 Å². The summed E-state index contributed by atoms with van der Waals surface area (Å²) in [4.78, 5) is 34.8. The van der Waals surface area contributed by atoms with Gasteiger partial charge in [0.2, 0.25) is 11.8 Å². The van der Waals surface area contributed by atoms with Crippen molar-refractivity contribution in [2.75, 3.05) is 6.54 Å². The maximum Gasteiger partial charge on any atom is 0.245 e. The van der Waals surface area contributed by atoms with Crippen molar-refractivity contribution in [3.8, 4) is 0 Å². The van der Waals surface area contributed by atoms with Crippen LogP contribution in [0.25, 0.3) is 0 Å². The number of aromatic nitrogens is 1. The van der Waals surface area contributed by atoms with Crippen molar-refractivity contribution >= 4 is 11.8 Å². The molecule has 5 rings (SSSR count). The fourth-order valence-electron chi connectivity index (χ4n) is 5.76. The highest BCUT2D eigenvalue weighted by Gasteiger charge is 2.58. The summed E-state index contributed by atoms with van der Waals surface area (Å²) in [6, 6.07) is 4.19. The summed E-state index contributed by atoms with van der Waals surface area (Å²) in [6.45, 7) is 0.785. The maximum atomic E-state index is 13.6. The summed E-state index contributed by atoms with van der Waals surface area (Å²) >= 11 is 0. The van der Waals surface area contributed by atoms with Crippen LogP contribution in [0.15, 0.2) is 24.5 Å². The van der Waals surface area contributed by atoms with E-state index in [9.17, 15) is 9.59 Å². The molecule has 2 amide bonds. The Morgan fingerprint density at radius 1 is 1.15 bits per heavy atom. The summed E-state index contributed by atoms with van der Waals surface area (Å²) in [5.41, 5.74) is 1.30. The van der Waals surface area contributed by atoms with Gasteiger partial charge in [-0.15, -0.1) is 0 Å². The van der Waals surface area contributed by atoms with Crippen molar-refractivity contribution in [1.82, 2.24) is 14.8 Å². The minimum atomic E-state index is -0.217. The molecule has 5 nitrogen and oxygen atoms in total. The molecular weight excluding hydrogens is 338 g/mol. The Labute approximate surface area is 161 Å². The first-order valence-electron chi connectivity index (χ1n) is 10.7. The lowest BCUT2D eigenvalue weighted by Crippen LogP contribution is -2.52. The maximum absolute atomic E-state index is 13.6. The number of carbonyl (C=O) groups is 2. The lowest BCUT2D eigenvalue weighted by molar-refractivity contribution is -0.147. The number of rotatable bonds is 2. The molecule has 1 unspecified atom stereocenters. The number of nitrogens with zero attached hydrogens (tertiary/aromatic N) is 3. The van der Waals surface area contributed by atoms with Crippen LogP contribution in [-0.2, 0) is 9.59 Å². The molecular formula is C22H29N3O2. The standard InChI is InChI=1S/C22H29N3O2/c26-20-7-3-1-2-6-18-8-9-19(25(18)20)21(27)24-15-17(13-22(24)10-11-22)16-5-4-12-23-14-16/h4-5,12,14,17-19H,1-3,6-11,13,15H2/t17?,18-,19-/m0/s1.